The summed E-state index contributed by atoms with van der Waals surface area (Å²) in [4.78, 5) is 0. The van der Waals surface area contributed by atoms with E-state index in [2.05, 4.69) is 26.9 Å². The molecule has 0 bridgehead atoms. The Balaban J connectivity index is 1.62. The van der Waals surface area contributed by atoms with Gasteiger partial charge in [-0.15, -0.1) is 0 Å². The van der Waals surface area contributed by atoms with E-state index in [-0.39, 0.29) is 0 Å². The molecular formula is C11H18N4O. The molecule has 0 radical (unpaired) electrons. The summed E-state index contributed by atoms with van der Waals surface area (Å²) in [5, 5.41) is 14.2. The highest BCUT2D eigenvalue weighted by Crippen LogP contribution is 2.25. The van der Waals surface area contributed by atoms with Gasteiger partial charge in [-0.3, -0.25) is 5.10 Å². The zero-order chi connectivity index (χ0) is 10.8. The first-order chi connectivity index (χ1) is 7.92. The Morgan fingerprint density at radius 1 is 1.44 bits per heavy atom. The van der Waals surface area contributed by atoms with E-state index in [1.165, 1.54) is 12.1 Å². The van der Waals surface area contributed by atoms with Crippen LogP contribution in [0.15, 0.2) is 6.07 Å². The fraction of sp³-hybridized carbons (Fsp3) is 0.727. The van der Waals surface area contributed by atoms with Gasteiger partial charge in [-0.1, -0.05) is 0 Å². The number of hydrogen-bond acceptors (Lipinski definition) is 4. The molecule has 5 heteroatoms. The lowest BCUT2D eigenvalue weighted by atomic mass is 10.1. The summed E-state index contributed by atoms with van der Waals surface area (Å²) in [7, 11) is 0. The lowest BCUT2D eigenvalue weighted by molar-refractivity contribution is 0.193. The molecule has 2 aliphatic heterocycles. The number of hydrogen-bond donors (Lipinski definition) is 3. The van der Waals surface area contributed by atoms with Gasteiger partial charge in [0.1, 0.15) is 5.82 Å². The van der Waals surface area contributed by atoms with Crippen LogP contribution >= 0.6 is 0 Å². The number of aromatic amines is 1. The highest BCUT2D eigenvalue weighted by molar-refractivity contribution is 5.38. The van der Waals surface area contributed by atoms with Gasteiger partial charge in [0.05, 0.1) is 6.61 Å². The van der Waals surface area contributed by atoms with Gasteiger partial charge in [0.25, 0.3) is 0 Å². The maximum Gasteiger partial charge on any atom is 0.148 e. The van der Waals surface area contributed by atoms with Crippen molar-refractivity contribution in [1.29, 1.82) is 0 Å². The quantitative estimate of drug-likeness (QED) is 0.704. The number of rotatable bonds is 3. The lowest BCUT2D eigenvalue weighted by Crippen LogP contribution is -2.22. The van der Waals surface area contributed by atoms with Crippen molar-refractivity contribution in [3.63, 3.8) is 0 Å². The number of ether oxygens (including phenoxy) is 1. The second-order valence-corrected chi connectivity index (χ2v) is 4.60. The van der Waals surface area contributed by atoms with E-state index in [9.17, 15) is 0 Å². The van der Waals surface area contributed by atoms with E-state index < -0.39 is 0 Å². The first-order valence-electron chi connectivity index (χ1n) is 6.02. The van der Waals surface area contributed by atoms with Crippen molar-refractivity contribution in [3.8, 4) is 0 Å². The zero-order valence-electron chi connectivity index (χ0n) is 9.33. The summed E-state index contributed by atoms with van der Waals surface area (Å²) >= 11 is 0. The maximum absolute atomic E-state index is 5.38. The summed E-state index contributed by atoms with van der Waals surface area (Å²) in [5.74, 6) is 1.47. The van der Waals surface area contributed by atoms with Gasteiger partial charge in [0.2, 0.25) is 0 Å². The van der Waals surface area contributed by atoms with Crippen molar-refractivity contribution in [2.24, 2.45) is 0 Å². The summed E-state index contributed by atoms with van der Waals surface area (Å²) in [6.07, 6.45) is 2.28. The van der Waals surface area contributed by atoms with E-state index in [1.807, 2.05) is 0 Å². The Labute approximate surface area is 94.9 Å². The van der Waals surface area contributed by atoms with Crippen LogP contribution in [0.2, 0.25) is 0 Å². The Morgan fingerprint density at radius 3 is 3.19 bits per heavy atom. The van der Waals surface area contributed by atoms with Crippen molar-refractivity contribution < 1.29 is 4.74 Å². The standard InChI is InChI=1S/C11H18N4O/c1-3-12-6-9(1)13-11-5-10(14-15-11)8-2-4-16-7-8/h5,8-9,12H,1-4,6-7H2,(H2,13,14,15). The SMILES string of the molecule is c1c(NC2CCNC2)n[nH]c1C1CCOC1. The largest absolute Gasteiger partial charge is 0.381 e. The predicted molar refractivity (Wildman–Crippen MR) is 61.7 cm³/mol. The van der Waals surface area contributed by atoms with E-state index in [0.29, 0.717) is 12.0 Å². The van der Waals surface area contributed by atoms with Crippen LogP contribution in [0.4, 0.5) is 5.82 Å². The first-order valence-corrected chi connectivity index (χ1v) is 6.02. The summed E-state index contributed by atoms with van der Waals surface area (Å²) in [6.45, 7) is 3.84. The average Bonchev–Trinajstić information content (AvgIpc) is 2.99. The van der Waals surface area contributed by atoms with Crippen molar-refractivity contribution in [1.82, 2.24) is 15.5 Å². The van der Waals surface area contributed by atoms with Crippen molar-refractivity contribution >= 4 is 5.82 Å². The molecule has 0 aliphatic carbocycles. The molecule has 2 aliphatic rings. The van der Waals surface area contributed by atoms with E-state index >= 15 is 0 Å². The highest BCUT2D eigenvalue weighted by Gasteiger charge is 2.21. The number of aromatic nitrogens is 2. The highest BCUT2D eigenvalue weighted by atomic mass is 16.5. The minimum atomic E-state index is 0.504. The second-order valence-electron chi connectivity index (χ2n) is 4.60. The van der Waals surface area contributed by atoms with Gasteiger partial charge in [-0.2, -0.15) is 5.10 Å². The molecule has 3 heterocycles. The molecule has 2 unspecified atom stereocenters. The van der Waals surface area contributed by atoms with Gasteiger partial charge in [0.15, 0.2) is 0 Å². The van der Waals surface area contributed by atoms with Gasteiger partial charge < -0.3 is 15.4 Å². The minimum absolute atomic E-state index is 0.504. The van der Waals surface area contributed by atoms with Gasteiger partial charge in [-0.05, 0) is 19.4 Å². The molecule has 0 saturated carbocycles. The third kappa shape index (κ3) is 2.05. The van der Waals surface area contributed by atoms with Crippen LogP contribution in [0.5, 0.6) is 0 Å². The summed E-state index contributed by atoms with van der Waals surface area (Å²) < 4.78 is 5.38. The molecule has 3 N–H and O–H groups in total. The molecule has 16 heavy (non-hydrogen) atoms. The van der Waals surface area contributed by atoms with Crippen molar-refractivity contribution in [3.05, 3.63) is 11.8 Å². The number of anilines is 1. The molecule has 3 rings (SSSR count). The number of nitrogens with one attached hydrogen (secondary N) is 3. The van der Waals surface area contributed by atoms with Crippen molar-refractivity contribution in [2.45, 2.75) is 24.8 Å². The fourth-order valence-electron chi connectivity index (χ4n) is 2.39. The Bertz CT molecular complexity index is 340. The maximum atomic E-state index is 5.38. The van der Waals surface area contributed by atoms with E-state index in [0.717, 1.165) is 38.5 Å². The monoisotopic (exact) mass is 222 g/mol. The molecule has 0 amide bonds. The predicted octanol–water partition coefficient (Wildman–Crippen LogP) is 0.687. The molecule has 1 aromatic rings. The van der Waals surface area contributed by atoms with Gasteiger partial charge in [-0.25, -0.2) is 0 Å². The molecule has 2 saturated heterocycles. The first kappa shape index (κ1) is 10.1. The molecule has 0 spiro atoms. The smallest absolute Gasteiger partial charge is 0.148 e. The Hall–Kier alpha value is -1.07. The molecule has 1 aromatic heterocycles. The zero-order valence-corrected chi connectivity index (χ0v) is 9.33. The third-order valence-electron chi connectivity index (χ3n) is 3.38. The Morgan fingerprint density at radius 2 is 2.44 bits per heavy atom. The third-order valence-corrected chi connectivity index (χ3v) is 3.38. The second kappa shape index (κ2) is 4.43. The lowest BCUT2D eigenvalue weighted by Gasteiger charge is -2.08. The average molecular weight is 222 g/mol. The van der Waals surface area contributed by atoms with Crippen LogP contribution in [0.25, 0.3) is 0 Å². The molecular weight excluding hydrogens is 204 g/mol. The van der Waals surface area contributed by atoms with Crippen LogP contribution in [0.3, 0.4) is 0 Å². The van der Waals surface area contributed by atoms with Crippen LogP contribution in [-0.2, 0) is 4.74 Å². The van der Waals surface area contributed by atoms with Crippen LogP contribution in [0.1, 0.15) is 24.5 Å². The minimum Gasteiger partial charge on any atom is -0.381 e. The molecule has 2 atom stereocenters. The van der Waals surface area contributed by atoms with Crippen LogP contribution in [0, 0.1) is 0 Å². The topological polar surface area (TPSA) is 62.0 Å². The fourth-order valence-corrected chi connectivity index (χ4v) is 2.39. The Kier molecular flexibility index (Phi) is 2.80. The molecule has 2 fully saturated rings. The van der Waals surface area contributed by atoms with Gasteiger partial charge >= 0.3 is 0 Å². The molecule has 88 valence electrons. The van der Waals surface area contributed by atoms with Crippen molar-refractivity contribution in [2.75, 3.05) is 31.6 Å². The molecule has 5 nitrogen and oxygen atoms in total. The van der Waals surface area contributed by atoms with E-state index in [4.69, 9.17) is 4.74 Å². The van der Waals surface area contributed by atoms with E-state index in [1.54, 1.807) is 0 Å². The van der Waals surface area contributed by atoms with Crippen LogP contribution < -0.4 is 10.6 Å². The van der Waals surface area contributed by atoms with Crippen LogP contribution in [-0.4, -0.2) is 42.5 Å². The summed E-state index contributed by atoms with van der Waals surface area (Å²) in [5.41, 5.74) is 1.20. The summed E-state index contributed by atoms with van der Waals surface area (Å²) in [6, 6.07) is 2.65. The molecule has 0 aromatic carbocycles. The van der Waals surface area contributed by atoms with Gasteiger partial charge in [0, 0.05) is 36.9 Å². The number of nitrogens with zero attached hydrogens (tertiary/aromatic N) is 1. The normalized spacial score (nSPS) is 29.8. The number of H-pyrrole nitrogens is 1.